The van der Waals surface area contributed by atoms with E-state index in [0.717, 1.165) is 28.5 Å². The Bertz CT molecular complexity index is 959. The van der Waals surface area contributed by atoms with Crippen LogP contribution in [0.2, 0.25) is 0 Å². The van der Waals surface area contributed by atoms with Gasteiger partial charge in [0.25, 0.3) is 0 Å². The van der Waals surface area contributed by atoms with Crippen molar-refractivity contribution in [2.45, 2.75) is 39.3 Å². The fraction of sp³-hybridized carbons (Fsp3) is 0.350. The minimum atomic E-state index is -0.141. The normalized spacial score (nSPS) is 15.4. The van der Waals surface area contributed by atoms with E-state index in [2.05, 4.69) is 15.6 Å². The maximum absolute atomic E-state index is 12.2. The van der Waals surface area contributed by atoms with Gasteiger partial charge >= 0.3 is 0 Å². The second-order valence-corrected chi connectivity index (χ2v) is 6.80. The Hall–Kier alpha value is -3.29. The number of carbonyl (C=O) groups excluding carboxylic acids is 1. The second-order valence-electron chi connectivity index (χ2n) is 6.80. The van der Waals surface area contributed by atoms with Gasteiger partial charge in [0.15, 0.2) is 17.6 Å². The van der Waals surface area contributed by atoms with E-state index < -0.39 is 0 Å². The zero-order valence-corrected chi connectivity index (χ0v) is 15.8. The SMILES string of the molecule is Cc1noc(C)c1CCC(=O)Nc1cnn(CC2COc3ccccc3O2)c1. The summed E-state index contributed by atoms with van der Waals surface area (Å²) in [6.45, 7) is 4.72. The number of para-hydroxylation sites is 2. The van der Waals surface area contributed by atoms with E-state index in [9.17, 15) is 4.79 Å². The Morgan fingerprint density at radius 1 is 1.29 bits per heavy atom. The maximum atomic E-state index is 12.2. The van der Waals surface area contributed by atoms with E-state index in [1.54, 1.807) is 17.1 Å². The molecular formula is C20H22N4O4. The molecule has 0 saturated carbocycles. The van der Waals surface area contributed by atoms with Gasteiger partial charge in [-0.3, -0.25) is 9.48 Å². The molecule has 146 valence electrons. The third-order valence-corrected chi connectivity index (χ3v) is 4.66. The summed E-state index contributed by atoms with van der Waals surface area (Å²) >= 11 is 0. The highest BCUT2D eigenvalue weighted by Crippen LogP contribution is 2.31. The second kappa shape index (κ2) is 7.75. The highest BCUT2D eigenvalue weighted by Gasteiger charge is 2.21. The predicted molar refractivity (Wildman–Crippen MR) is 102 cm³/mol. The van der Waals surface area contributed by atoms with Crippen LogP contribution in [0.25, 0.3) is 0 Å². The van der Waals surface area contributed by atoms with Crippen LogP contribution in [0.1, 0.15) is 23.4 Å². The number of fused-ring (bicyclic) bond motifs is 1. The molecule has 0 spiro atoms. The zero-order valence-electron chi connectivity index (χ0n) is 15.8. The van der Waals surface area contributed by atoms with Crippen LogP contribution in [-0.4, -0.2) is 33.6 Å². The highest BCUT2D eigenvalue weighted by atomic mass is 16.6. The molecule has 1 aliphatic heterocycles. The lowest BCUT2D eigenvalue weighted by Crippen LogP contribution is -2.33. The van der Waals surface area contributed by atoms with Crippen molar-refractivity contribution < 1.29 is 18.8 Å². The van der Waals surface area contributed by atoms with Crippen molar-refractivity contribution in [1.82, 2.24) is 14.9 Å². The number of hydrogen-bond acceptors (Lipinski definition) is 6. The number of nitrogens with zero attached hydrogens (tertiary/aromatic N) is 3. The van der Waals surface area contributed by atoms with Gasteiger partial charge in [-0.25, -0.2) is 0 Å². The van der Waals surface area contributed by atoms with Crippen LogP contribution in [0.15, 0.2) is 41.2 Å². The smallest absolute Gasteiger partial charge is 0.224 e. The summed E-state index contributed by atoms with van der Waals surface area (Å²) in [7, 11) is 0. The van der Waals surface area contributed by atoms with Crippen molar-refractivity contribution in [2.24, 2.45) is 0 Å². The fourth-order valence-electron chi connectivity index (χ4n) is 3.21. The lowest BCUT2D eigenvalue weighted by atomic mass is 10.1. The number of hydrogen-bond donors (Lipinski definition) is 1. The van der Waals surface area contributed by atoms with E-state index in [1.165, 1.54) is 0 Å². The molecule has 28 heavy (non-hydrogen) atoms. The number of ether oxygens (including phenoxy) is 2. The van der Waals surface area contributed by atoms with Crippen molar-refractivity contribution in [3.05, 3.63) is 53.7 Å². The summed E-state index contributed by atoms with van der Waals surface area (Å²) in [5.74, 6) is 2.17. The monoisotopic (exact) mass is 382 g/mol. The standard InChI is InChI=1S/C20H22N4O4/c1-13-17(14(2)28-23-13)7-8-20(25)22-15-9-21-24(10-15)11-16-12-26-18-5-3-4-6-19(18)27-16/h3-6,9-10,16H,7-8,11-12H2,1-2H3,(H,22,25). The minimum Gasteiger partial charge on any atom is -0.486 e. The largest absolute Gasteiger partial charge is 0.486 e. The van der Waals surface area contributed by atoms with Gasteiger partial charge in [0.1, 0.15) is 12.4 Å². The molecule has 1 N–H and O–H groups in total. The molecule has 3 aromatic rings. The van der Waals surface area contributed by atoms with E-state index in [0.29, 0.717) is 31.7 Å². The fourth-order valence-corrected chi connectivity index (χ4v) is 3.21. The van der Waals surface area contributed by atoms with E-state index >= 15 is 0 Å². The van der Waals surface area contributed by atoms with Crippen LogP contribution in [0.5, 0.6) is 11.5 Å². The van der Waals surface area contributed by atoms with Gasteiger partial charge in [0, 0.05) is 18.2 Å². The molecule has 1 aromatic carbocycles. The quantitative estimate of drug-likeness (QED) is 0.705. The summed E-state index contributed by atoms with van der Waals surface area (Å²) in [6.07, 6.45) is 4.22. The first-order valence-electron chi connectivity index (χ1n) is 9.21. The number of benzene rings is 1. The molecule has 0 saturated heterocycles. The van der Waals surface area contributed by atoms with Crippen LogP contribution in [-0.2, 0) is 17.8 Å². The molecule has 1 atom stereocenters. The van der Waals surface area contributed by atoms with Gasteiger partial charge in [-0.1, -0.05) is 17.3 Å². The first kappa shape index (κ1) is 18.1. The number of rotatable bonds is 6. The minimum absolute atomic E-state index is 0.0780. The predicted octanol–water partition coefficient (Wildman–Crippen LogP) is 2.90. The Kier molecular flexibility index (Phi) is 5.01. The van der Waals surface area contributed by atoms with Crippen LogP contribution in [0.3, 0.4) is 0 Å². The van der Waals surface area contributed by atoms with Crippen molar-refractivity contribution in [3.63, 3.8) is 0 Å². The third kappa shape index (κ3) is 4.00. The average Bonchev–Trinajstić information content (AvgIpc) is 3.26. The molecule has 1 unspecified atom stereocenters. The average molecular weight is 382 g/mol. The Morgan fingerprint density at radius 2 is 2.11 bits per heavy atom. The van der Waals surface area contributed by atoms with Gasteiger partial charge < -0.3 is 19.3 Å². The van der Waals surface area contributed by atoms with Crippen LogP contribution in [0, 0.1) is 13.8 Å². The van der Waals surface area contributed by atoms with Gasteiger partial charge in [0.2, 0.25) is 5.91 Å². The lowest BCUT2D eigenvalue weighted by molar-refractivity contribution is -0.116. The molecule has 0 fully saturated rings. The molecule has 0 radical (unpaired) electrons. The Morgan fingerprint density at radius 3 is 2.89 bits per heavy atom. The molecule has 0 aliphatic carbocycles. The van der Waals surface area contributed by atoms with Crippen LogP contribution in [0.4, 0.5) is 5.69 Å². The van der Waals surface area contributed by atoms with Crippen molar-refractivity contribution in [3.8, 4) is 11.5 Å². The third-order valence-electron chi connectivity index (χ3n) is 4.66. The maximum Gasteiger partial charge on any atom is 0.224 e. The molecule has 0 bridgehead atoms. The summed E-state index contributed by atoms with van der Waals surface area (Å²) in [4.78, 5) is 12.2. The molecule has 2 aromatic heterocycles. The summed E-state index contributed by atoms with van der Waals surface area (Å²) in [6, 6.07) is 7.59. The highest BCUT2D eigenvalue weighted by molar-refractivity contribution is 5.90. The number of nitrogens with one attached hydrogen (secondary N) is 1. The first-order valence-corrected chi connectivity index (χ1v) is 9.21. The topological polar surface area (TPSA) is 91.4 Å². The molecule has 4 rings (SSSR count). The van der Waals surface area contributed by atoms with Crippen molar-refractivity contribution in [2.75, 3.05) is 11.9 Å². The first-order chi connectivity index (χ1) is 13.6. The van der Waals surface area contributed by atoms with Gasteiger partial charge in [0.05, 0.1) is 24.1 Å². The molecule has 1 aliphatic rings. The van der Waals surface area contributed by atoms with Gasteiger partial charge in [-0.05, 0) is 32.4 Å². The van der Waals surface area contributed by atoms with E-state index in [4.69, 9.17) is 14.0 Å². The summed E-state index contributed by atoms with van der Waals surface area (Å²) < 4.78 is 18.5. The lowest BCUT2D eigenvalue weighted by Gasteiger charge is -2.26. The Labute approximate surface area is 162 Å². The number of amides is 1. The van der Waals surface area contributed by atoms with Gasteiger partial charge in [-0.2, -0.15) is 5.10 Å². The van der Waals surface area contributed by atoms with Crippen LogP contribution < -0.4 is 14.8 Å². The molecule has 3 heterocycles. The molecular weight excluding hydrogens is 360 g/mol. The summed E-state index contributed by atoms with van der Waals surface area (Å²) in [5, 5.41) is 11.1. The number of aryl methyl sites for hydroxylation is 2. The van der Waals surface area contributed by atoms with E-state index in [-0.39, 0.29) is 12.0 Å². The molecule has 8 nitrogen and oxygen atoms in total. The van der Waals surface area contributed by atoms with Gasteiger partial charge in [-0.15, -0.1) is 0 Å². The van der Waals surface area contributed by atoms with Crippen molar-refractivity contribution >= 4 is 11.6 Å². The number of anilines is 1. The van der Waals surface area contributed by atoms with E-state index in [1.807, 2.05) is 38.1 Å². The molecule has 1 amide bonds. The zero-order chi connectivity index (χ0) is 19.5. The summed E-state index contributed by atoms with van der Waals surface area (Å²) in [5.41, 5.74) is 2.47. The number of carbonyl (C=O) groups is 1. The van der Waals surface area contributed by atoms with Crippen LogP contribution >= 0.6 is 0 Å². The molecule has 8 heteroatoms. The van der Waals surface area contributed by atoms with Crippen molar-refractivity contribution in [1.29, 1.82) is 0 Å². The number of aromatic nitrogens is 3. The Balaban J connectivity index is 1.29.